The number of allylic oxidation sites excluding steroid dienone is 2. The molecule has 1 N–H and O–H groups in total. The van der Waals surface area contributed by atoms with Crippen molar-refractivity contribution in [2.24, 2.45) is 5.92 Å². The summed E-state index contributed by atoms with van der Waals surface area (Å²) in [6.45, 7) is 25.1. The average Bonchev–Trinajstić information content (AvgIpc) is 3.47. The minimum atomic E-state index is -0.0186. The molecule has 1 saturated heterocycles. The zero-order valence-electron chi connectivity index (χ0n) is 26.2. The summed E-state index contributed by atoms with van der Waals surface area (Å²) < 4.78 is 0. The summed E-state index contributed by atoms with van der Waals surface area (Å²) in [5, 5.41) is 1.38. The second kappa shape index (κ2) is 14.1. The van der Waals surface area contributed by atoms with E-state index < -0.39 is 0 Å². The summed E-state index contributed by atoms with van der Waals surface area (Å²) in [5.41, 5.74) is 7.83. The number of piperazine rings is 1. The van der Waals surface area contributed by atoms with E-state index in [9.17, 15) is 0 Å². The fourth-order valence-corrected chi connectivity index (χ4v) is 7.15. The fourth-order valence-electron chi connectivity index (χ4n) is 5.88. The first-order valence-electron chi connectivity index (χ1n) is 15.5. The van der Waals surface area contributed by atoms with Gasteiger partial charge in [0.2, 0.25) is 0 Å². The molecule has 2 fully saturated rings. The molecule has 2 aromatic heterocycles. The average molecular weight is 570 g/mol. The van der Waals surface area contributed by atoms with Crippen molar-refractivity contribution in [3.05, 3.63) is 70.6 Å². The van der Waals surface area contributed by atoms with Crippen molar-refractivity contribution in [3.63, 3.8) is 0 Å². The highest BCUT2D eigenvalue weighted by Crippen LogP contribution is 2.42. The number of aryl methyl sites for hydroxylation is 2. The number of aromatic amines is 1. The Morgan fingerprint density at radius 1 is 1.10 bits per heavy atom. The molecule has 41 heavy (non-hydrogen) atoms. The van der Waals surface area contributed by atoms with E-state index in [0.717, 1.165) is 51.6 Å². The third kappa shape index (κ3) is 7.83. The number of fused-ring (bicyclic) bond motifs is 1. The van der Waals surface area contributed by atoms with Gasteiger partial charge < -0.3 is 9.88 Å². The van der Waals surface area contributed by atoms with Crippen molar-refractivity contribution in [3.8, 4) is 23.6 Å². The van der Waals surface area contributed by atoms with E-state index in [-0.39, 0.29) is 5.41 Å². The zero-order chi connectivity index (χ0) is 29.6. The maximum absolute atomic E-state index is 5.50. The number of aromatic nitrogens is 1. The van der Waals surface area contributed by atoms with Crippen LogP contribution in [-0.4, -0.2) is 54.1 Å². The summed E-state index contributed by atoms with van der Waals surface area (Å²) in [5.74, 6) is 3.84. The van der Waals surface area contributed by atoms with Crippen LogP contribution in [0.4, 0.5) is 0 Å². The third-order valence-corrected chi connectivity index (χ3v) is 10.6. The predicted molar refractivity (Wildman–Crippen MR) is 181 cm³/mol. The van der Waals surface area contributed by atoms with Crippen molar-refractivity contribution in [1.82, 2.24) is 14.8 Å². The maximum atomic E-state index is 5.50. The number of terminal acetylenes is 1. The van der Waals surface area contributed by atoms with Crippen LogP contribution in [0, 0.1) is 32.1 Å². The summed E-state index contributed by atoms with van der Waals surface area (Å²) in [7, 11) is 0. The van der Waals surface area contributed by atoms with Crippen LogP contribution in [0.15, 0.2) is 49.1 Å². The van der Waals surface area contributed by atoms with E-state index in [2.05, 4.69) is 92.7 Å². The van der Waals surface area contributed by atoms with Gasteiger partial charge in [0, 0.05) is 48.4 Å². The summed E-state index contributed by atoms with van der Waals surface area (Å²) in [6, 6.07) is 9.28. The van der Waals surface area contributed by atoms with Gasteiger partial charge in [-0.15, -0.1) is 24.3 Å². The van der Waals surface area contributed by atoms with Crippen LogP contribution in [0.3, 0.4) is 0 Å². The Kier molecular flexibility index (Phi) is 10.8. The number of nitrogens with zero attached hydrogens (tertiary/aromatic N) is 2. The van der Waals surface area contributed by atoms with Crippen LogP contribution in [0.5, 0.6) is 0 Å². The molecular weight excluding hydrogens is 518 g/mol. The number of nitrogens with one attached hydrogen (secondary N) is 1. The lowest BCUT2D eigenvalue weighted by molar-refractivity contribution is 0.145. The number of H-pyrrole nitrogens is 1. The normalized spacial score (nSPS) is 16.6. The first-order chi connectivity index (χ1) is 19.6. The van der Waals surface area contributed by atoms with Crippen LogP contribution < -0.4 is 0 Å². The molecule has 0 spiro atoms. The second-order valence-electron chi connectivity index (χ2n) is 12.8. The maximum Gasteiger partial charge on any atom is 0.101 e. The molecule has 3 aromatic rings. The Morgan fingerprint density at radius 3 is 2.32 bits per heavy atom. The molecule has 1 aliphatic carbocycles. The third-order valence-electron chi connectivity index (χ3n) is 9.25. The van der Waals surface area contributed by atoms with Gasteiger partial charge in [-0.1, -0.05) is 74.5 Å². The van der Waals surface area contributed by atoms with E-state index in [1.807, 2.05) is 17.4 Å². The van der Waals surface area contributed by atoms with E-state index in [4.69, 9.17) is 6.42 Å². The summed E-state index contributed by atoms with van der Waals surface area (Å²) in [4.78, 5) is 11.4. The topological polar surface area (TPSA) is 22.3 Å². The van der Waals surface area contributed by atoms with Crippen molar-refractivity contribution in [2.45, 2.75) is 78.6 Å². The molecule has 1 aromatic carbocycles. The van der Waals surface area contributed by atoms with Crippen LogP contribution in [0.1, 0.15) is 74.4 Å². The van der Waals surface area contributed by atoms with Crippen LogP contribution in [0.25, 0.3) is 21.5 Å². The zero-order valence-corrected chi connectivity index (χ0v) is 27.1. The first-order valence-corrected chi connectivity index (χ1v) is 16.3. The van der Waals surface area contributed by atoms with Gasteiger partial charge in [-0.2, -0.15) is 0 Å². The lowest BCUT2D eigenvalue weighted by Gasteiger charge is -2.33. The van der Waals surface area contributed by atoms with Crippen LogP contribution in [-0.2, 0) is 11.8 Å². The molecule has 2 aliphatic rings. The Hall–Kier alpha value is -2.58. The quantitative estimate of drug-likeness (QED) is 0.194. The molecule has 220 valence electrons. The van der Waals surface area contributed by atoms with Crippen molar-refractivity contribution >= 4 is 21.6 Å². The molecule has 0 unspecified atom stereocenters. The largest absolute Gasteiger partial charge is 0.346 e. The molecule has 4 heteroatoms. The SMILES string of the molecule is C#CCN1CCN(CCc2c(-c3cc(C)cc(C)c3)[nH]c3sc(C(C)(C)C(=C)C)cc23)CC1.C=CCCC1CCC1. The van der Waals surface area contributed by atoms with E-state index in [1.165, 1.54) is 80.7 Å². The van der Waals surface area contributed by atoms with Gasteiger partial charge in [-0.3, -0.25) is 4.90 Å². The monoisotopic (exact) mass is 569 g/mol. The van der Waals surface area contributed by atoms with Gasteiger partial charge in [0.25, 0.3) is 0 Å². The molecule has 5 rings (SSSR count). The number of hydrogen-bond acceptors (Lipinski definition) is 3. The molecule has 3 heterocycles. The van der Waals surface area contributed by atoms with Crippen molar-refractivity contribution in [2.75, 3.05) is 39.3 Å². The Labute approximate surface area is 253 Å². The predicted octanol–water partition coefficient (Wildman–Crippen LogP) is 8.91. The summed E-state index contributed by atoms with van der Waals surface area (Å²) in [6.07, 6.45) is 15.6. The number of rotatable bonds is 10. The molecule has 1 aliphatic heterocycles. The molecular formula is C37H51N3S. The van der Waals surface area contributed by atoms with Crippen LogP contribution >= 0.6 is 11.3 Å². The Balaban J connectivity index is 0.000000417. The number of hydrogen-bond donors (Lipinski definition) is 1. The molecule has 0 atom stereocenters. The Bertz CT molecular complexity index is 1350. The van der Waals surface area contributed by atoms with E-state index in [0.29, 0.717) is 0 Å². The van der Waals surface area contributed by atoms with Crippen molar-refractivity contribution < 1.29 is 0 Å². The highest BCUT2D eigenvalue weighted by atomic mass is 32.1. The minimum Gasteiger partial charge on any atom is -0.346 e. The Morgan fingerprint density at radius 2 is 1.76 bits per heavy atom. The molecule has 0 amide bonds. The molecule has 3 nitrogen and oxygen atoms in total. The first kappa shape index (κ1) is 31.4. The van der Waals surface area contributed by atoms with E-state index in [1.54, 1.807) is 0 Å². The number of thiophene rings is 1. The van der Waals surface area contributed by atoms with Gasteiger partial charge >= 0.3 is 0 Å². The van der Waals surface area contributed by atoms with E-state index >= 15 is 0 Å². The standard InChI is InChI=1S/C29H37N3S.C8H14/c1-8-10-31-12-14-32(15-13-31)11-9-24-25-19-26(29(6,7)20(2)3)33-28(25)30-27(24)23-17-21(4)16-22(5)18-23;1-2-3-5-8-6-4-7-8/h1,16-19,30H,2,9-15H2,3-7H3;2,8H,1,3-7H2. The molecule has 0 bridgehead atoms. The lowest BCUT2D eigenvalue weighted by Crippen LogP contribution is -2.46. The van der Waals surface area contributed by atoms with Crippen LogP contribution in [0.2, 0.25) is 0 Å². The van der Waals surface area contributed by atoms with Gasteiger partial charge in [0.1, 0.15) is 4.83 Å². The molecule has 0 radical (unpaired) electrons. The highest BCUT2D eigenvalue weighted by Gasteiger charge is 2.27. The van der Waals surface area contributed by atoms with Crippen molar-refractivity contribution in [1.29, 1.82) is 0 Å². The van der Waals surface area contributed by atoms with Gasteiger partial charge in [0.15, 0.2) is 0 Å². The molecule has 1 saturated carbocycles. The smallest absolute Gasteiger partial charge is 0.101 e. The summed E-state index contributed by atoms with van der Waals surface area (Å²) >= 11 is 1.88. The highest BCUT2D eigenvalue weighted by molar-refractivity contribution is 7.18. The van der Waals surface area contributed by atoms with Gasteiger partial charge in [-0.05, 0) is 75.3 Å². The second-order valence-corrected chi connectivity index (χ2v) is 13.9. The van der Waals surface area contributed by atoms with Gasteiger partial charge in [0.05, 0.1) is 12.2 Å². The minimum absolute atomic E-state index is 0.0186. The lowest BCUT2D eigenvalue weighted by atomic mass is 9.82. The fraction of sp³-hybridized carbons (Fsp3) is 0.514. The number of benzene rings is 1. The van der Waals surface area contributed by atoms with Gasteiger partial charge in [-0.25, -0.2) is 0 Å².